The minimum absolute atomic E-state index is 0.0136. The molecule has 3 heterocycles. The van der Waals surface area contributed by atoms with Gasteiger partial charge in [0.05, 0.1) is 29.4 Å². The Kier molecular flexibility index (Phi) is 4.67. The van der Waals surface area contributed by atoms with E-state index in [-0.39, 0.29) is 12.0 Å². The fourth-order valence-corrected chi connectivity index (χ4v) is 3.39. The Balaban J connectivity index is 1.60. The second-order valence-electron chi connectivity index (χ2n) is 6.70. The summed E-state index contributed by atoms with van der Waals surface area (Å²) in [5, 5.41) is 0. The predicted octanol–water partition coefficient (Wildman–Crippen LogP) is 3.09. The Hall–Kier alpha value is -2.73. The van der Waals surface area contributed by atoms with Gasteiger partial charge < -0.3 is 14.6 Å². The third-order valence-electron chi connectivity index (χ3n) is 4.66. The molecule has 1 atom stereocenters. The second-order valence-corrected chi connectivity index (χ2v) is 6.70. The van der Waals surface area contributed by atoms with Gasteiger partial charge in [-0.15, -0.1) is 0 Å². The molecule has 6 heteroatoms. The summed E-state index contributed by atoms with van der Waals surface area (Å²) in [7, 11) is 0. The first-order valence-corrected chi connectivity index (χ1v) is 8.96. The molecule has 134 valence electrons. The topological polar surface area (TPSA) is 71.1 Å². The Bertz CT molecular complexity index is 901. The molecule has 26 heavy (non-hydrogen) atoms. The van der Waals surface area contributed by atoms with Crippen LogP contribution in [0.15, 0.2) is 42.6 Å². The van der Waals surface area contributed by atoms with Crippen molar-refractivity contribution < 1.29 is 9.53 Å². The molecule has 1 N–H and O–H groups in total. The number of carbonyl (C=O) groups excluding carboxylic acids is 1. The van der Waals surface area contributed by atoms with Gasteiger partial charge in [0.1, 0.15) is 5.82 Å². The SMILES string of the molecule is Cc1nc2ccc(C(=O)N(Cc3ccccn3)C[C@H]3CCCO3)cc2[nH]1. The summed E-state index contributed by atoms with van der Waals surface area (Å²) in [6.07, 6.45) is 3.89. The number of H-pyrrole nitrogens is 1. The van der Waals surface area contributed by atoms with E-state index < -0.39 is 0 Å². The Labute approximate surface area is 152 Å². The molecule has 1 aliphatic heterocycles. The minimum Gasteiger partial charge on any atom is -0.376 e. The fraction of sp³-hybridized carbons (Fsp3) is 0.350. The van der Waals surface area contributed by atoms with E-state index in [0.717, 1.165) is 42.0 Å². The summed E-state index contributed by atoms with van der Waals surface area (Å²) in [6, 6.07) is 11.4. The highest BCUT2D eigenvalue weighted by molar-refractivity contribution is 5.97. The Morgan fingerprint density at radius 1 is 1.35 bits per heavy atom. The van der Waals surface area contributed by atoms with Crippen LogP contribution < -0.4 is 0 Å². The molecule has 4 rings (SSSR count). The summed E-state index contributed by atoms with van der Waals surface area (Å²) >= 11 is 0. The molecule has 0 saturated carbocycles. The lowest BCUT2D eigenvalue weighted by atomic mass is 10.1. The van der Waals surface area contributed by atoms with Crippen molar-refractivity contribution in [1.29, 1.82) is 0 Å². The van der Waals surface area contributed by atoms with Gasteiger partial charge >= 0.3 is 0 Å². The first kappa shape index (κ1) is 16.7. The van der Waals surface area contributed by atoms with E-state index in [4.69, 9.17) is 4.74 Å². The molecule has 0 unspecified atom stereocenters. The number of amides is 1. The number of aryl methyl sites for hydroxylation is 1. The number of hydrogen-bond acceptors (Lipinski definition) is 4. The van der Waals surface area contributed by atoms with Crippen LogP contribution in [0.5, 0.6) is 0 Å². The minimum atomic E-state index is -0.0136. The quantitative estimate of drug-likeness (QED) is 0.768. The zero-order chi connectivity index (χ0) is 17.9. The van der Waals surface area contributed by atoms with Crippen molar-refractivity contribution >= 4 is 16.9 Å². The van der Waals surface area contributed by atoms with Gasteiger partial charge in [-0.05, 0) is 50.1 Å². The van der Waals surface area contributed by atoms with E-state index in [0.29, 0.717) is 18.7 Å². The maximum Gasteiger partial charge on any atom is 0.254 e. The van der Waals surface area contributed by atoms with Crippen LogP contribution in [0.25, 0.3) is 11.0 Å². The van der Waals surface area contributed by atoms with Gasteiger partial charge in [0, 0.05) is 24.9 Å². The highest BCUT2D eigenvalue weighted by atomic mass is 16.5. The molecule has 1 amide bonds. The van der Waals surface area contributed by atoms with Crippen LogP contribution in [0, 0.1) is 6.92 Å². The van der Waals surface area contributed by atoms with Crippen LogP contribution in [0.4, 0.5) is 0 Å². The van der Waals surface area contributed by atoms with Crippen LogP contribution in [-0.2, 0) is 11.3 Å². The summed E-state index contributed by atoms with van der Waals surface area (Å²) in [5.41, 5.74) is 3.27. The largest absolute Gasteiger partial charge is 0.376 e. The van der Waals surface area contributed by atoms with E-state index in [1.165, 1.54) is 0 Å². The summed E-state index contributed by atoms with van der Waals surface area (Å²) < 4.78 is 5.75. The molecule has 1 saturated heterocycles. The van der Waals surface area contributed by atoms with Crippen molar-refractivity contribution in [2.75, 3.05) is 13.2 Å². The van der Waals surface area contributed by atoms with E-state index in [9.17, 15) is 4.79 Å². The normalized spacial score (nSPS) is 16.9. The molecule has 1 aliphatic rings. The average molecular weight is 350 g/mol. The van der Waals surface area contributed by atoms with Gasteiger partial charge in [-0.3, -0.25) is 9.78 Å². The summed E-state index contributed by atoms with van der Waals surface area (Å²) in [6.45, 7) is 3.73. The number of benzene rings is 1. The number of aromatic amines is 1. The molecule has 1 aromatic carbocycles. The molecule has 3 aromatic rings. The van der Waals surface area contributed by atoms with Gasteiger partial charge in [0.25, 0.3) is 5.91 Å². The second kappa shape index (κ2) is 7.25. The van der Waals surface area contributed by atoms with Crippen molar-refractivity contribution in [2.45, 2.75) is 32.4 Å². The number of rotatable bonds is 5. The fourth-order valence-electron chi connectivity index (χ4n) is 3.39. The molecule has 6 nitrogen and oxygen atoms in total. The lowest BCUT2D eigenvalue weighted by Crippen LogP contribution is -2.37. The maximum atomic E-state index is 13.2. The molecular weight excluding hydrogens is 328 g/mol. The molecule has 2 aromatic heterocycles. The van der Waals surface area contributed by atoms with Crippen molar-refractivity contribution in [3.05, 3.63) is 59.7 Å². The van der Waals surface area contributed by atoms with E-state index >= 15 is 0 Å². The van der Waals surface area contributed by atoms with Crippen molar-refractivity contribution in [3.63, 3.8) is 0 Å². The number of fused-ring (bicyclic) bond motifs is 1. The van der Waals surface area contributed by atoms with E-state index in [2.05, 4.69) is 15.0 Å². The standard InChI is InChI=1S/C20H22N4O2/c1-14-22-18-8-7-15(11-19(18)23-14)20(25)24(13-17-6-4-10-26-17)12-16-5-2-3-9-21-16/h2-3,5,7-9,11,17H,4,6,10,12-13H2,1H3,(H,22,23)/t17-/m1/s1. The number of imidazole rings is 1. The molecule has 0 aliphatic carbocycles. The first-order valence-electron chi connectivity index (χ1n) is 8.96. The highest BCUT2D eigenvalue weighted by Gasteiger charge is 2.24. The van der Waals surface area contributed by atoms with Crippen molar-refractivity contribution in [3.8, 4) is 0 Å². The Morgan fingerprint density at radius 2 is 2.27 bits per heavy atom. The van der Waals surface area contributed by atoms with Crippen LogP contribution >= 0.6 is 0 Å². The van der Waals surface area contributed by atoms with Crippen LogP contribution in [0.1, 0.15) is 34.7 Å². The summed E-state index contributed by atoms with van der Waals surface area (Å²) in [4.78, 5) is 27.0. The summed E-state index contributed by atoms with van der Waals surface area (Å²) in [5.74, 6) is 0.828. The third kappa shape index (κ3) is 3.60. The molecule has 0 bridgehead atoms. The lowest BCUT2D eigenvalue weighted by Gasteiger charge is -2.25. The number of aromatic nitrogens is 3. The van der Waals surface area contributed by atoms with Gasteiger partial charge in [-0.2, -0.15) is 0 Å². The van der Waals surface area contributed by atoms with Gasteiger partial charge in [-0.25, -0.2) is 4.98 Å². The zero-order valence-corrected chi connectivity index (χ0v) is 14.8. The molecular formula is C20H22N4O2. The monoisotopic (exact) mass is 350 g/mol. The van der Waals surface area contributed by atoms with Gasteiger partial charge in [0.2, 0.25) is 0 Å². The highest BCUT2D eigenvalue weighted by Crippen LogP contribution is 2.19. The number of nitrogens with one attached hydrogen (secondary N) is 1. The number of carbonyl (C=O) groups is 1. The van der Waals surface area contributed by atoms with Gasteiger partial charge in [0.15, 0.2) is 0 Å². The number of hydrogen-bond donors (Lipinski definition) is 1. The number of ether oxygens (including phenoxy) is 1. The predicted molar refractivity (Wildman–Crippen MR) is 98.8 cm³/mol. The maximum absolute atomic E-state index is 13.2. The average Bonchev–Trinajstić information content (AvgIpc) is 3.29. The Morgan fingerprint density at radius 3 is 3.04 bits per heavy atom. The zero-order valence-electron chi connectivity index (χ0n) is 14.8. The van der Waals surface area contributed by atoms with Crippen LogP contribution in [0.3, 0.4) is 0 Å². The van der Waals surface area contributed by atoms with Gasteiger partial charge in [-0.1, -0.05) is 6.07 Å². The lowest BCUT2D eigenvalue weighted by molar-refractivity contribution is 0.0504. The number of pyridine rings is 1. The van der Waals surface area contributed by atoms with E-state index in [1.807, 2.05) is 48.2 Å². The van der Waals surface area contributed by atoms with Crippen LogP contribution in [-0.4, -0.2) is 45.0 Å². The van der Waals surface area contributed by atoms with E-state index in [1.54, 1.807) is 6.20 Å². The number of nitrogens with zero attached hydrogens (tertiary/aromatic N) is 3. The third-order valence-corrected chi connectivity index (χ3v) is 4.66. The van der Waals surface area contributed by atoms with Crippen molar-refractivity contribution in [1.82, 2.24) is 19.9 Å². The molecule has 1 fully saturated rings. The van der Waals surface area contributed by atoms with Crippen molar-refractivity contribution in [2.24, 2.45) is 0 Å². The molecule has 0 spiro atoms. The first-order chi connectivity index (χ1) is 12.7. The van der Waals surface area contributed by atoms with Crippen LogP contribution in [0.2, 0.25) is 0 Å². The smallest absolute Gasteiger partial charge is 0.254 e. The molecule has 0 radical (unpaired) electrons.